The van der Waals surface area contributed by atoms with Gasteiger partial charge < -0.3 is 19.3 Å². The van der Waals surface area contributed by atoms with Gasteiger partial charge in [-0.2, -0.15) is 4.57 Å². The number of rotatable bonds is 1. The van der Waals surface area contributed by atoms with Crippen LogP contribution in [0.15, 0.2) is 42.6 Å². The summed E-state index contributed by atoms with van der Waals surface area (Å²) in [4.78, 5) is 0. The van der Waals surface area contributed by atoms with E-state index in [4.69, 9.17) is 14.2 Å². The molecule has 4 aromatic rings. The van der Waals surface area contributed by atoms with Gasteiger partial charge in [0.15, 0.2) is 29.2 Å². The lowest BCUT2D eigenvalue weighted by molar-refractivity contribution is -0.642. The Morgan fingerprint density at radius 3 is 2.64 bits per heavy atom. The minimum Gasteiger partial charge on any atom is -0.504 e. The van der Waals surface area contributed by atoms with Crippen LogP contribution in [-0.4, -0.2) is 19.0 Å². The number of methoxy groups -OCH3 is 1. The third kappa shape index (κ3) is 1.80. The Morgan fingerprint density at radius 1 is 1.00 bits per heavy atom. The van der Waals surface area contributed by atoms with Gasteiger partial charge in [0.2, 0.25) is 12.3 Å². The van der Waals surface area contributed by atoms with Crippen LogP contribution in [0.4, 0.5) is 0 Å². The molecule has 5 heteroatoms. The number of hydrogen-bond acceptors (Lipinski definition) is 4. The zero-order valence-electron chi connectivity index (χ0n) is 13.9. The molecule has 0 amide bonds. The number of fused-ring (bicyclic) bond motifs is 7. The number of aromatic nitrogens is 1. The van der Waals surface area contributed by atoms with Crippen molar-refractivity contribution in [1.29, 1.82) is 0 Å². The first-order valence-corrected chi connectivity index (χ1v) is 8.02. The second-order valence-electron chi connectivity index (χ2n) is 6.18. The van der Waals surface area contributed by atoms with E-state index in [2.05, 4.69) is 12.1 Å². The summed E-state index contributed by atoms with van der Waals surface area (Å²) in [6, 6.07) is 11.9. The summed E-state index contributed by atoms with van der Waals surface area (Å²) in [7, 11) is 3.52. The Balaban J connectivity index is 2.01. The maximum absolute atomic E-state index is 10.5. The van der Waals surface area contributed by atoms with Gasteiger partial charge in [-0.3, -0.25) is 0 Å². The van der Waals surface area contributed by atoms with Gasteiger partial charge in [-0.05, 0) is 29.7 Å². The highest BCUT2D eigenvalue weighted by Gasteiger charge is 2.24. The molecule has 0 unspecified atom stereocenters. The molecule has 0 fully saturated rings. The highest BCUT2D eigenvalue weighted by molar-refractivity contribution is 6.16. The van der Waals surface area contributed by atoms with Crippen molar-refractivity contribution in [2.75, 3.05) is 13.9 Å². The lowest BCUT2D eigenvalue weighted by Gasteiger charge is -2.10. The second kappa shape index (κ2) is 4.89. The molecule has 3 aromatic carbocycles. The predicted molar refractivity (Wildman–Crippen MR) is 94.5 cm³/mol. The van der Waals surface area contributed by atoms with Crippen molar-refractivity contribution in [1.82, 2.24) is 0 Å². The maximum Gasteiger partial charge on any atom is 0.231 e. The summed E-state index contributed by atoms with van der Waals surface area (Å²) in [5, 5.41) is 15.4. The first kappa shape index (κ1) is 14.2. The van der Waals surface area contributed by atoms with Gasteiger partial charge in [-0.1, -0.05) is 12.1 Å². The maximum atomic E-state index is 10.5. The Kier molecular flexibility index (Phi) is 2.77. The highest BCUT2D eigenvalue weighted by atomic mass is 16.7. The Labute approximate surface area is 143 Å². The van der Waals surface area contributed by atoms with Crippen molar-refractivity contribution >= 4 is 32.4 Å². The number of nitrogens with zero attached hydrogens (tertiary/aromatic N) is 1. The zero-order chi connectivity index (χ0) is 17.1. The third-order valence-corrected chi connectivity index (χ3v) is 4.86. The smallest absolute Gasteiger partial charge is 0.231 e. The highest BCUT2D eigenvalue weighted by Crippen LogP contribution is 2.43. The SMILES string of the molecule is COc1ccc2c(c[n+](C)c3c2ccc2ccc4c(c23)OCO4)c1O. The average Bonchev–Trinajstić information content (AvgIpc) is 3.11. The molecule has 2 heterocycles. The summed E-state index contributed by atoms with van der Waals surface area (Å²) >= 11 is 0. The number of phenolic OH excluding ortho intramolecular Hbond substituents is 1. The van der Waals surface area contributed by atoms with Gasteiger partial charge in [0.05, 0.1) is 17.9 Å². The quantitative estimate of drug-likeness (QED) is 0.428. The fourth-order valence-electron chi connectivity index (χ4n) is 3.72. The van der Waals surface area contributed by atoms with Crippen molar-refractivity contribution in [2.24, 2.45) is 7.05 Å². The molecule has 1 aromatic heterocycles. The number of ether oxygens (including phenoxy) is 3. The zero-order valence-corrected chi connectivity index (χ0v) is 13.9. The van der Waals surface area contributed by atoms with E-state index in [0.29, 0.717) is 5.75 Å². The van der Waals surface area contributed by atoms with E-state index >= 15 is 0 Å². The predicted octanol–water partition coefficient (Wildman–Crippen LogP) is 3.41. The van der Waals surface area contributed by atoms with Crippen LogP contribution in [0.1, 0.15) is 0 Å². The number of pyridine rings is 1. The molecular weight excluding hydrogens is 318 g/mol. The number of phenols is 1. The topological polar surface area (TPSA) is 51.8 Å². The third-order valence-electron chi connectivity index (χ3n) is 4.86. The van der Waals surface area contributed by atoms with Gasteiger partial charge in [-0.25, -0.2) is 0 Å². The van der Waals surface area contributed by atoms with Crippen LogP contribution in [0, 0.1) is 0 Å². The number of benzene rings is 3. The van der Waals surface area contributed by atoms with Crippen LogP contribution < -0.4 is 18.8 Å². The molecule has 5 nitrogen and oxygen atoms in total. The molecule has 0 spiro atoms. The Morgan fingerprint density at radius 2 is 1.80 bits per heavy atom. The van der Waals surface area contributed by atoms with Gasteiger partial charge in [0.1, 0.15) is 12.4 Å². The molecule has 1 N–H and O–H groups in total. The fourth-order valence-corrected chi connectivity index (χ4v) is 3.72. The molecule has 1 aliphatic rings. The summed E-state index contributed by atoms with van der Waals surface area (Å²) in [5.41, 5.74) is 1.04. The molecule has 0 bridgehead atoms. The average molecular weight is 334 g/mol. The molecule has 0 radical (unpaired) electrons. The molecule has 5 rings (SSSR count). The summed E-state index contributed by atoms with van der Waals surface area (Å²) in [6.07, 6.45) is 1.92. The largest absolute Gasteiger partial charge is 0.504 e. The van der Waals surface area contributed by atoms with Crippen LogP contribution in [0.25, 0.3) is 32.4 Å². The number of aromatic hydroxyl groups is 1. The molecule has 1 aliphatic heterocycles. The minimum atomic E-state index is 0.149. The van der Waals surface area contributed by atoms with E-state index in [-0.39, 0.29) is 12.5 Å². The molecular formula is C20H16NO4+. The molecule has 0 saturated carbocycles. The number of hydrogen-bond donors (Lipinski definition) is 1. The first-order valence-electron chi connectivity index (χ1n) is 8.02. The van der Waals surface area contributed by atoms with Crippen LogP contribution >= 0.6 is 0 Å². The Bertz CT molecular complexity index is 1180. The molecule has 124 valence electrons. The van der Waals surface area contributed by atoms with E-state index in [0.717, 1.165) is 43.9 Å². The fraction of sp³-hybridized carbons (Fsp3) is 0.150. The van der Waals surface area contributed by atoms with Crippen molar-refractivity contribution in [3.63, 3.8) is 0 Å². The molecule has 0 aliphatic carbocycles. The van der Waals surface area contributed by atoms with Crippen molar-refractivity contribution < 1.29 is 23.9 Å². The minimum absolute atomic E-state index is 0.149. The van der Waals surface area contributed by atoms with E-state index < -0.39 is 0 Å². The van der Waals surface area contributed by atoms with E-state index in [1.165, 1.54) is 0 Å². The Hall–Kier alpha value is -3.21. The van der Waals surface area contributed by atoms with Crippen molar-refractivity contribution in [2.45, 2.75) is 0 Å². The van der Waals surface area contributed by atoms with Crippen LogP contribution in [-0.2, 0) is 7.05 Å². The number of aryl methyl sites for hydroxylation is 1. The monoisotopic (exact) mass is 334 g/mol. The lowest BCUT2D eigenvalue weighted by atomic mass is 9.99. The van der Waals surface area contributed by atoms with E-state index in [1.54, 1.807) is 13.2 Å². The standard InChI is InChI=1S/C20H15NO4/c1-21-9-14-12(6-8-15(23-2)19(14)22)13-5-3-11-4-7-16-20(25-10-24-16)17(11)18(13)21/h3-9H,10H2,1-2H3/p+1. The van der Waals surface area contributed by atoms with Gasteiger partial charge in [0, 0.05) is 5.39 Å². The van der Waals surface area contributed by atoms with E-state index in [9.17, 15) is 5.11 Å². The van der Waals surface area contributed by atoms with Crippen LogP contribution in [0.2, 0.25) is 0 Å². The van der Waals surface area contributed by atoms with Crippen LogP contribution in [0.5, 0.6) is 23.0 Å². The van der Waals surface area contributed by atoms with Crippen LogP contribution in [0.3, 0.4) is 0 Å². The molecule has 0 atom stereocenters. The molecule has 0 saturated heterocycles. The molecule has 25 heavy (non-hydrogen) atoms. The lowest BCUT2D eigenvalue weighted by Crippen LogP contribution is -2.28. The van der Waals surface area contributed by atoms with Gasteiger partial charge in [0.25, 0.3) is 0 Å². The van der Waals surface area contributed by atoms with Gasteiger partial charge >= 0.3 is 0 Å². The van der Waals surface area contributed by atoms with Gasteiger partial charge in [-0.15, -0.1) is 0 Å². The first-order chi connectivity index (χ1) is 12.2. The van der Waals surface area contributed by atoms with Crippen molar-refractivity contribution in [3.05, 3.63) is 42.6 Å². The second-order valence-corrected chi connectivity index (χ2v) is 6.18. The summed E-state index contributed by atoms with van der Waals surface area (Å²) in [5.74, 6) is 2.15. The normalized spacial score (nSPS) is 13.0. The summed E-state index contributed by atoms with van der Waals surface area (Å²) < 4.78 is 18.5. The summed E-state index contributed by atoms with van der Waals surface area (Å²) in [6.45, 7) is 0.236. The van der Waals surface area contributed by atoms with E-state index in [1.807, 2.05) is 36.0 Å². The van der Waals surface area contributed by atoms with Crippen molar-refractivity contribution in [3.8, 4) is 23.0 Å².